The van der Waals surface area contributed by atoms with Gasteiger partial charge in [0.25, 0.3) is 5.91 Å². The molecule has 29 heavy (non-hydrogen) atoms. The monoisotopic (exact) mass is 425 g/mol. The molecule has 7 heteroatoms. The number of rotatable bonds is 4. The van der Waals surface area contributed by atoms with E-state index in [-0.39, 0.29) is 17.7 Å². The molecule has 2 amide bonds. The maximum absolute atomic E-state index is 13.0. The number of thiazole rings is 1. The highest BCUT2D eigenvalue weighted by Gasteiger charge is 2.31. The van der Waals surface area contributed by atoms with Gasteiger partial charge in [0, 0.05) is 21.2 Å². The van der Waals surface area contributed by atoms with Crippen LogP contribution in [0.3, 0.4) is 0 Å². The van der Waals surface area contributed by atoms with Crippen LogP contribution >= 0.6 is 22.9 Å². The number of nitrogens with one attached hydrogen (secondary N) is 2. The average molecular weight is 426 g/mol. The molecule has 1 atom stereocenters. The van der Waals surface area contributed by atoms with Crippen molar-refractivity contribution in [3.63, 3.8) is 0 Å². The number of carbonyl (C=O) groups excluding carboxylic acids is 2. The van der Waals surface area contributed by atoms with Crippen LogP contribution in [0, 0.1) is 6.92 Å². The Bertz CT molecular complexity index is 1070. The van der Waals surface area contributed by atoms with Gasteiger partial charge in [-0.1, -0.05) is 35.9 Å². The van der Waals surface area contributed by atoms with E-state index >= 15 is 0 Å². The molecule has 0 saturated heterocycles. The first-order valence-corrected chi connectivity index (χ1v) is 10.6. The number of benzene rings is 2. The van der Waals surface area contributed by atoms with Crippen molar-refractivity contribution in [3.05, 3.63) is 75.3 Å². The Hall–Kier alpha value is -2.70. The minimum absolute atomic E-state index is 0.0949. The van der Waals surface area contributed by atoms with Crippen LogP contribution in [0.5, 0.6) is 0 Å². The molecule has 5 nitrogen and oxygen atoms in total. The largest absolute Gasteiger partial charge is 0.325 e. The predicted molar refractivity (Wildman–Crippen MR) is 117 cm³/mol. The lowest BCUT2D eigenvalue weighted by Gasteiger charge is -2.21. The first kappa shape index (κ1) is 19.6. The second-order valence-corrected chi connectivity index (χ2v) is 8.56. The van der Waals surface area contributed by atoms with E-state index in [1.54, 1.807) is 24.3 Å². The van der Waals surface area contributed by atoms with Gasteiger partial charge in [0.2, 0.25) is 5.91 Å². The second kappa shape index (κ2) is 8.35. The minimum atomic E-state index is -0.337. The topological polar surface area (TPSA) is 71.1 Å². The average Bonchev–Trinajstić information content (AvgIpc) is 3.13. The van der Waals surface area contributed by atoms with Gasteiger partial charge < -0.3 is 5.32 Å². The molecule has 0 spiro atoms. The standard InChI is InChI=1S/C22H20ClN3O2S/c1-13-10-11-15(23)12-17(13)24-21(28)16-8-5-9-18-19(16)25-22(29-18)26-20(27)14-6-3-2-4-7-14/h2-4,6-7,10-12,16H,5,8-9H2,1H3,(H,24,28)(H,25,26,27). The maximum atomic E-state index is 13.0. The highest BCUT2D eigenvalue weighted by atomic mass is 35.5. The summed E-state index contributed by atoms with van der Waals surface area (Å²) in [5.74, 6) is -0.634. The van der Waals surface area contributed by atoms with Gasteiger partial charge in [0.05, 0.1) is 11.6 Å². The summed E-state index contributed by atoms with van der Waals surface area (Å²) in [7, 11) is 0. The first-order valence-electron chi connectivity index (χ1n) is 9.44. The van der Waals surface area contributed by atoms with Gasteiger partial charge in [-0.2, -0.15) is 0 Å². The number of carbonyl (C=O) groups is 2. The predicted octanol–water partition coefficient (Wildman–Crippen LogP) is 5.42. The van der Waals surface area contributed by atoms with E-state index in [0.717, 1.165) is 35.4 Å². The molecule has 1 heterocycles. The van der Waals surface area contributed by atoms with Gasteiger partial charge in [-0.15, -0.1) is 11.3 Å². The number of fused-ring (bicyclic) bond motifs is 1. The Kier molecular flexibility index (Phi) is 5.65. The van der Waals surface area contributed by atoms with Crippen LogP contribution in [-0.4, -0.2) is 16.8 Å². The van der Waals surface area contributed by atoms with E-state index in [1.807, 2.05) is 31.2 Å². The smallest absolute Gasteiger partial charge is 0.257 e. The lowest BCUT2D eigenvalue weighted by Crippen LogP contribution is -2.25. The van der Waals surface area contributed by atoms with Crippen LogP contribution in [0.1, 0.15) is 45.3 Å². The zero-order valence-electron chi connectivity index (χ0n) is 15.9. The minimum Gasteiger partial charge on any atom is -0.325 e. The zero-order valence-corrected chi connectivity index (χ0v) is 17.4. The van der Waals surface area contributed by atoms with E-state index in [1.165, 1.54) is 11.3 Å². The molecule has 0 radical (unpaired) electrons. The number of halogens is 1. The number of nitrogens with zero attached hydrogens (tertiary/aromatic N) is 1. The molecule has 0 bridgehead atoms. The van der Waals surface area contributed by atoms with E-state index in [2.05, 4.69) is 15.6 Å². The van der Waals surface area contributed by atoms with E-state index in [9.17, 15) is 9.59 Å². The summed E-state index contributed by atoms with van der Waals surface area (Å²) in [4.78, 5) is 31.0. The van der Waals surface area contributed by atoms with Crippen molar-refractivity contribution in [1.29, 1.82) is 0 Å². The number of hydrogen-bond acceptors (Lipinski definition) is 4. The summed E-state index contributed by atoms with van der Waals surface area (Å²) >= 11 is 7.51. The molecule has 1 aliphatic rings. The quantitative estimate of drug-likeness (QED) is 0.586. The van der Waals surface area contributed by atoms with Crippen molar-refractivity contribution in [2.75, 3.05) is 10.6 Å². The van der Waals surface area contributed by atoms with Crippen molar-refractivity contribution >= 4 is 45.6 Å². The van der Waals surface area contributed by atoms with Crippen molar-refractivity contribution in [1.82, 2.24) is 4.98 Å². The summed E-state index contributed by atoms with van der Waals surface area (Å²) in [6.45, 7) is 1.93. The maximum Gasteiger partial charge on any atom is 0.257 e. The molecule has 3 aromatic rings. The Morgan fingerprint density at radius 3 is 2.72 bits per heavy atom. The third kappa shape index (κ3) is 4.33. The van der Waals surface area contributed by atoms with Crippen LogP contribution in [-0.2, 0) is 11.2 Å². The number of hydrogen-bond donors (Lipinski definition) is 2. The summed E-state index contributed by atoms with van der Waals surface area (Å²) in [5, 5.41) is 6.96. The Balaban J connectivity index is 1.53. The number of aromatic nitrogens is 1. The summed E-state index contributed by atoms with van der Waals surface area (Å²) in [6.07, 6.45) is 2.51. The van der Waals surface area contributed by atoms with Gasteiger partial charge in [-0.25, -0.2) is 4.98 Å². The fourth-order valence-electron chi connectivity index (χ4n) is 3.43. The molecule has 1 aliphatic carbocycles. The van der Waals surface area contributed by atoms with Crippen molar-refractivity contribution in [2.45, 2.75) is 32.1 Å². The molecule has 0 aliphatic heterocycles. The van der Waals surface area contributed by atoms with Crippen LogP contribution in [0.2, 0.25) is 5.02 Å². The van der Waals surface area contributed by atoms with Crippen LogP contribution in [0.4, 0.5) is 10.8 Å². The van der Waals surface area contributed by atoms with Crippen LogP contribution < -0.4 is 10.6 Å². The van der Waals surface area contributed by atoms with Gasteiger partial charge in [-0.3, -0.25) is 14.9 Å². The van der Waals surface area contributed by atoms with Gasteiger partial charge in [-0.05, 0) is 56.0 Å². The summed E-state index contributed by atoms with van der Waals surface area (Å²) in [5.41, 5.74) is 3.00. The van der Waals surface area contributed by atoms with Gasteiger partial charge in [0.15, 0.2) is 5.13 Å². The highest BCUT2D eigenvalue weighted by Crippen LogP contribution is 2.37. The van der Waals surface area contributed by atoms with Crippen molar-refractivity contribution in [3.8, 4) is 0 Å². The molecule has 0 saturated carbocycles. The number of anilines is 2. The van der Waals surface area contributed by atoms with Crippen LogP contribution in [0.15, 0.2) is 48.5 Å². The Morgan fingerprint density at radius 1 is 1.14 bits per heavy atom. The van der Waals surface area contributed by atoms with E-state index in [4.69, 9.17) is 11.6 Å². The SMILES string of the molecule is Cc1ccc(Cl)cc1NC(=O)C1CCCc2sc(NC(=O)c3ccccc3)nc21. The number of amides is 2. The van der Waals surface area contributed by atoms with Crippen molar-refractivity contribution < 1.29 is 9.59 Å². The molecule has 2 aromatic carbocycles. The zero-order chi connectivity index (χ0) is 20.4. The molecule has 148 valence electrons. The molecule has 1 aromatic heterocycles. The molecule has 2 N–H and O–H groups in total. The third-order valence-electron chi connectivity index (χ3n) is 4.98. The first-order chi connectivity index (χ1) is 14.0. The highest BCUT2D eigenvalue weighted by molar-refractivity contribution is 7.16. The van der Waals surface area contributed by atoms with E-state index in [0.29, 0.717) is 21.4 Å². The Labute approximate surface area is 178 Å². The number of aryl methyl sites for hydroxylation is 2. The normalized spacial score (nSPS) is 15.4. The molecule has 4 rings (SSSR count). The van der Waals surface area contributed by atoms with Crippen LogP contribution in [0.25, 0.3) is 0 Å². The van der Waals surface area contributed by atoms with E-state index < -0.39 is 0 Å². The Morgan fingerprint density at radius 2 is 1.93 bits per heavy atom. The fourth-order valence-corrected chi connectivity index (χ4v) is 4.67. The third-order valence-corrected chi connectivity index (χ3v) is 6.27. The summed E-state index contributed by atoms with van der Waals surface area (Å²) < 4.78 is 0. The molecular weight excluding hydrogens is 406 g/mol. The second-order valence-electron chi connectivity index (χ2n) is 7.04. The summed E-state index contributed by atoms with van der Waals surface area (Å²) in [6, 6.07) is 14.4. The van der Waals surface area contributed by atoms with Gasteiger partial charge in [0.1, 0.15) is 0 Å². The molecule has 0 fully saturated rings. The lowest BCUT2D eigenvalue weighted by molar-refractivity contribution is -0.117. The van der Waals surface area contributed by atoms with Gasteiger partial charge >= 0.3 is 0 Å². The molecule has 1 unspecified atom stereocenters. The molecular formula is C22H20ClN3O2S. The fraction of sp³-hybridized carbons (Fsp3) is 0.227. The van der Waals surface area contributed by atoms with Crippen molar-refractivity contribution in [2.24, 2.45) is 0 Å². The lowest BCUT2D eigenvalue weighted by atomic mass is 9.90.